The molecule has 1 rings (SSSR count). The molecule has 1 fully saturated rings. The Bertz CT molecular complexity index is 217. The first kappa shape index (κ1) is 9.98. The van der Waals surface area contributed by atoms with E-state index >= 15 is 0 Å². The van der Waals surface area contributed by atoms with Gasteiger partial charge in [-0.15, -0.1) is 0 Å². The Morgan fingerprint density at radius 3 is 2.85 bits per heavy atom. The standard InChI is InChI=1S/C8H14N2O3/c9-8(13)6-4-7(12)10(5-6)2-1-3-11/h6,11H,1-5H2,(H2,9,13). The van der Waals surface area contributed by atoms with Crippen LogP contribution in [0.25, 0.3) is 0 Å². The summed E-state index contributed by atoms with van der Waals surface area (Å²) in [6.07, 6.45) is 0.776. The number of aliphatic hydroxyl groups is 1. The molecule has 1 unspecified atom stereocenters. The zero-order chi connectivity index (χ0) is 9.84. The lowest BCUT2D eigenvalue weighted by Gasteiger charge is -2.14. The molecule has 2 amide bonds. The molecule has 0 spiro atoms. The van der Waals surface area contributed by atoms with Crippen LogP contribution in [0, 0.1) is 5.92 Å². The Hall–Kier alpha value is -1.10. The number of rotatable bonds is 4. The average Bonchev–Trinajstić information content (AvgIpc) is 2.44. The number of carbonyl (C=O) groups is 2. The summed E-state index contributed by atoms with van der Waals surface area (Å²) < 4.78 is 0. The molecule has 74 valence electrons. The van der Waals surface area contributed by atoms with E-state index in [9.17, 15) is 9.59 Å². The minimum Gasteiger partial charge on any atom is -0.396 e. The summed E-state index contributed by atoms with van der Waals surface area (Å²) in [6.45, 7) is 0.984. The Morgan fingerprint density at radius 1 is 1.69 bits per heavy atom. The van der Waals surface area contributed by atoms with Gasteiger partial charge in [-0.2, -0.15) is 0 Å². The lowest BCUT2D eigenvalue weighted by atomic mass is 10.1. The van der Waals surface area contributed by atoms with E-state index in [4.69, 9.17) is 10.8 Å². The maximum Gasteiger partial charge on any atom is 0.223 e. The second-order valence-corrected chi connectivity index (χ2v) is 3.22. The minimum atomic E-state index is -0.417. The molecule has 13 heavy (non-hydrogen) atoms. The predicted molar refractivity (Wildman–Crippen MR) is 45.6 cm³/mol. The normalized spacial score (nSPS) is 22.4. The zero-order valence-electron chi connectivity index (χ0n) is 7.40. The summed E-state index contributed by atoms with van der Waals surface area (Å²) in [6, 6.07) is 0. The molecular formula is C8H14N2O3. The number of aliphatic hydroxyl groups excluding tert-OH is 1. The van der Waals surface area contributed by atoms with Crippen LogP contribution in [0.3, 0.4) is 0 Å². The maximum atomic E-state index is 11.2. The molecular weight excluding hydrogens is 172 g/mol. The van der Waals surface area contributed by atoms with Crippen molar-refractivity contribution in [2.24, 2.45) is 11.7 Å². The molecule has 3 N–H and O–H groups in total. The minimum absolute atomic E-state index is 0.0442. The van der Waals surface area contributed by atoms with Crippen LogP contribution in [-0.2, 0) is 9.59 Å². The van der Waals surface area contributed by atoms with Gasteiger partial charge in [0.2, 0.25) is 11.8 Å². The van der Waals surface area contributed by atoms with Crippen LogP contribution in [0.15, 0.2) is 0 Å². The second kappa shape index (κ2) is 4.23. The highest BCUT2D eigenvalue weighted by molar-refractivity contribution is 5.88. The molecule has 0 aromatic heterocycles. The van der Waals surface area contributed by atoms with Gasteiger partial charge in [0.1, 0.15) is 0 Å². The van der Waals surface area contributed by atoms with Crippen LogP contribution < -0.4 is 5.73 Å². The zero-order valence-corrected chi connectivity index (χ0v) is 7.40. The van der Waals surface area contributed by atoms with Gasteiger partial charge in [0.15, 0.2) is 0 Å². The van der Waals surface area contributed by atoms with E-state index in [1.54, 1.807) is 4.90 Å². The fraction of sp³-hybridized carbons (Fsp3) is 0.750. The SMILES string of the molecule is NC(=O)C1CC(=O)N(CCCO)C1. The van der Waals surface area contributed by atoms with E-state index < -0.39 is 5.91 Å². The number of hydrogen-bond acceptors (Lipinski definition) is 3. The van der Waals surface area contributed by atoms with E-state index in [0.29, 0.717) is 19.5 Å². The van der Waals surface area contributed by atoms with Crippen molar-refractivity contribution in [3.8, 4) is 0 Å². The monoisotopic (exact) mass is 186 g/mol. The first-order valence-corrected chi connectivity index (χ1v) is 4.33. The van der Waals surface area contributed by atoms with Crippen molar-refractivity contribution in [1.82, 2.24) is 4.90 Å². The molecule has 0 aromatic carbocycles. The van der Waals surface area contributed by atoms with Crippen molar-refractivity contribution < 1.29 is 14.7 Å². The van der Waals surface area contributed by atoms with E-state index in [-0.39, 0.29) is 24.9 Å². The van der Waals surface area contributed by atoms with Crippen molar-refractivity contribution in [3.05, 3.63) is 0 Å². The topological polar surface area (TPSA) is 83.6 Å². The van der Waals surface area contributed by atoms with Crippen LogP contribution in [0.1, 0.15) is 12.8 Å². The highest BCUT2D eigenvalue weighted by Crippen LogP contribution is 2.16. The molecule has 1 saturated heterocycles. The summed E-state index contributed by atoms with van der Waals surface area (Å²) in [7, 11) is 0. The second-order valence-electron chi connectivity index (χ2n) is 3.22. The molecule has 5 heteroatoms. The number of carbonyl (C=O) groups excluding carboxylic acids is 2. The maximum absolute atomic E-state index is 11.2. The van der Waals surface area contributed by atoms with Gasteiger partial charge in [0.25, 0.3) is 0 Å². The van der Waals surface area contributed by atoms with Crippen molar-refractivity contribution >= 4 is 11.8 Å². The summed E-state index contributed by atoms with van der Waals surface area (Å²) in [5, 5.41) is 8.56. The number of nitrogens with zero attached hydrogens (tertiary/aromatic N) is 1. The number of hydrogen-bond donors (Lipinski definition) is 2. The summed E-state index contributed by atoms with van der Waals surface area (Å²) in [5.74, 6) is -0.803. The van der Waals surface area contributed by atoms with Crippen molar-refractivity contribution in [2.45, 2.75) is 12.8 Å². The fourth-order valence-corrected chi connectivity index (χ4v) is 1.44. The third kappa shape index (κ3) is 2.42. The van der Waals surface area contributed by atoms with Gasteiger partial charge in [-0.05, 0) is 6.42 Å². The number of primary amides is 1. The largest absolute Gasteiger partial charge is 0.396 e. The third-order valence-electron chi connectivity index (χ3n) is 2.20. The molecule has 0 aliphatic carbocycles. The van der Waals surface area contributed by atoms with E-state index in [0.717, 1.165) is 0 Å². The molecule has 0 radical (unpaired) electrons. The van der Waals surface area contributed by atoms with Crippen LogP contribution in [-0.4, -0.2) is 41.5 Å². The Morgan fingerprint density at radius 2 is 2.38 bits per heavy atom. The molecule has 1 atom stereocenters. The molecule has 0 saturated carbocycles. The van der Waals surface area contributed by atoms with Crippen molar-refractivity contribution in [1.29, 1.82) is 0 Å². The van der Waals surface area contributed by atoms with Gasteiger partial charge in [-0.1, -0.05) is 0 Å². The van der Waals surface area contributed by atoms with Crippen LogP contribution >= 0.6 is 0 Å². The van der Waals surface area contributed by atoms with Crippen LogP contribution in [0.4, 0.5) is 0 Å². The van der Waals surface area contributed by atoms with Gasteiger partial charge in [0.05, 0.1) is 5.92 Å². The van der Waals surface area contributed by atoms with Crippen molar-refractivity contribution in [3.63, 3.8) is 0 Å². The molecule has 5 nitrogen and oxygen atoms in total. The van der Waals surface area contributed by atoms with Gasteiger partial charge in [-0.3, -0.25) is 9.59 Å². The van der Waals surface area contributed by atoms with E-state index in [2.05, 4.69) is 0 Å². The fourth-order valence-electron chi connectivity index (χ4n) is 1.44. The third-order valence-corrected chi connectivity index (χ3v) is 2.20. The number of nitrogens with two attached hydrogens (primary N) is 1. The quantitative estimate of drug-likeness (QED) is 0.572. The highest BCUT2D eigenvalue weighted by atomic mass is 16.3. The smallest absolute Gasteiger partial charge is 0.223 e. The van der Waals surface area contributed by atoms with E-state index in [1.807, 2.05) is 0 Å². The van der Waals surface area contributed by atoms with Crippen LogP contribution in [0.5, 0.6) is 0 Å². The summed E-state index contributed by atoms with van der Waals surface area (Å²) >= 11 is 0. The Labute approximate surface area is 76.5 Å². The van der Waals surface area contributed by atoms with Gasteiger partial charge in [-0.25, -0.2) is 0 Å². The van der Waals surface area contributed by atoms with Crippen LogP contribution in [0.2, 0.25) is 0 Å². The van der Waals surface area contributed by atoms with Gasteiger partial charge < -0.3 is 15.7 Å². The lowest BCUT2D eigenvalue weighted by Crippen LogP contribution is -2.29. The van der Waals surface area contributed by atoms with E-state index in [1.165, 1.54) is 0 Å². The molecule has 0 bridgehead atoms. The first-order valence-electron chi connectivity index (χ1n) is 4.33. The summed E-state index contributed by atoms with van der Waals surface area (Å²) in [4.78, 5) is 23.6. The van der Waals surface area contributed by atoms with Crippen molar-refractivity contribution in [2.75, 3.05) is 19.7 Å². The molecule has 1 aliphatic heterocycles. The number of amides is 2. The molecule has 0 aromatic rings. The lowest BCUT2D eigenvalue weighted by molar-refractivity contribution is -0.128. The average molecular weight is 186 g/mol. The Kier molecular flexibility index (Phi) is 3.25. The first-order chi connectivity index (χ1) is 6.15. The predicted octanol–water partition coefficient (Wildman–Crippen LogP) is -1.30. The highest BCUT2D eigenvalue weighted by Gasteiger charge is 2.32. The molecule has 1 heterocycles. The Balaban J connectivity index is 2.42. The molecule has 1 aliphatic rings. The summed E-state index contributed by atoms with van der Waals surface area (Å²) in [5.41, 5.74) is 5.08. The van der Waals surface area contributed by atoms with Gasteiger partial charge >= 0.3 is 0 Å². The number of likely N-dealkylation sites (tertiary alicyclic amines) is 1. The van der Waals surface area contributed by atoms with Gasteiger partial charge in [0, 0.05) is 26.1 Å².